The fourth-order valence-electron chi connectivity index (χ4n) is 3.23. The van der Waals surface area contributed by atoms with Crippen molar-refractivity contribution in [3.05, 3.63) is 54.1 Å². The number of ether oxygens (including phenoxy) is 1. The van der Waals surface area contributed by atoms with Crippen molar-refractivity contribution in [3.63, 3.8) is 0 Å². The second kappa shape index (κ2) is 6.84. The first-order valence-electron chi connectivity index (χ1n) is 8.49. The molecule has 1 N–H and O–H groups in total. The summed E-state index contributed by atoms with van der Waals surface area (Å²) in [6, 6.07) is 9.58. The average molecular weight is 347 g/mol. The van der Waals surface area contributed by atoms with Crippen LogP contribution in [-0.4, -0.2) is 45.0 Å². The third-order valence-electron chi connectivity index (χ3n) is 4.51. The lowest BCUT2D eigenvalue weighted by Gasteiger charge is -2.32. The number of nitriles is 1. The molecule has 1 amide bonds. The van der Waals surface area contributed by atoms with Crippen LogP contribution < -0.4 is 4.74 Å². The Hall–Kier alpha value is -3.40. The van der Waals surface area contributed by atoms with Gasteiger partial charge < -0.3 is 14.6 Å². The number of fused-ring (bicyclic) bond motifs is 1. The number of hydrogen-bond donors (Lipinski definition) is 1. The van der Waals surface area contributed by atoms with Gasteiger partial charge in [0.25, 0.3) is 11.8 Å². The van der Waals surface area contributed by atoms with E-state index in [2.05, 4.69) is 15.0 Å². The van der Waals surface area contributed by atoms with Crippen LogP contribution >= 0.6 is 0 Å². The molecule has 1 saturated heterocycles. The fourth-order valence-corrected chi connectivity index (χ4v) is 3.23. The molecule has 3 heterocycles. The number of aromatic nitrogens is 3. The Labute approximate surface area is 150 Å². The molecule has 4 rings (SSSR count). The van der Waals surface area contributed by atoms with E-state index < -0.39 is 0 Å². The zero-order valence-electron chi connectivity index (χ0n) is 14.1. The van der Waals surface area contributed by atoms with Gasteiger partial charge in [-0.05, 0) is 37.1 Å². The van der Waals surface area contributed by atoms with Crippen molar-refractivity contribution in [2.75, 3.05) is 13.1 Å². The molecule has 3 aromatic rings. The number of likely N-dealkylation sites (tertiary alicyclic amines) is 1. The second-order valence-electron chi connectivity index (χ2n) is 6.23. The SMILES string of the molecule is N#Cc1nccnc1OC1CCCN(C(=O)c2ccc3[nH]ccc3c2)C1. The van der Waals surface area contributed by atoms with Crippen LogP contribution in [0.1, 0.15) is 28.9 Å². The van der Waals surface area contributed by atoms with Gasteiger partial charge in [-0.25, -0.2) is 9.97 Å². The summed E-state index contributed by atoms with van der Waals surface area (Å²) in [6.45, 7) is 1.15. The number of amides is 1. The van der Waals surface area contributed by atoms with Crippen LogP contribution in [0.15, 0.2) is 42.9 Å². The van der Waals surface area contributed by atoms with Gasteiger partial charge >= 0.3 is 0 Å². The highest BCUT2D eigenvalue weighted by Crippen LogP contribution is 2.21. The smallest absolute Gasteiger partial charge is 0.254 e. The normalized spacial score (nSPS) is 17.0. The van der Waals surface area contributed by atoms with Crippen molar-refractivity contribution < 1.29 is 9.53 Å². The van der Waals surface area contributed by atoms with Gasteiger partial charge in [-0.1, -0.05) is 0 Å². The highest BCUT2D eigenvalue weighted by Gasteiger charge is 2.27. The van der Waals surface area contributed by atoms with E-state index in [4.69, 9.17) is 10.00 Å². The molecule has 0 spiro atoms. The molecule has 130 valence electrons. The van der Waals surface area contributed by atoms with Gasteiger partial charge in [0.2, 0.25) is 5.69 Å². The second-order valence-corrected chi connectivity index (χ2v) is 6.23. The van der Waals surface area contributed by atoms with E-state index in [1.807, 2.05) is 36.5 Å². The molecule has 1 aliphatic rings. The Morgan fingerprint density at radius 3 is 3.08 bits per heavy atom. The summed E-state index contributed by atoms with van der Waals surface area (Å²) in [4.78, 5) is 25.8. The van der Waals surface area contributed by atoms with Crippen molar-refractivity contribution in [2.24, 2.45) is 0 Å². The van der Waals surface area contributed by atoms with Crippen LogP contribution in [0.3, 0.4) is 0 Å². The Kier molecular flexibility index (Phi) is 4.23. The summed E-state index contributed by atoms with van der Waals surface area (Å²) in [5, 5.41) is 10.1. The van der Waals surface area contributed by atoms with E-state index in [0.29, 0.717) is 18.7 Å². The molecule has 7 nitrogen and oxygen atoms in total. The molecule has 2 aromatic heterocycles. The van der Waals surface area contributed by atoms with E-state index in [1.54, 1.807) is 4.90 Å². The van der Waals surface area contributed by atoms with Crippen LogP contribution in [0, 0.1) is 11.3 Å². The quantitative estimate of drug-likeness (QED) is 0.785. The summed E-state index contributed by atoms with van der Waals surface area (Å²) in [5.74, 6) is 0.212. The highest BCUT2D eigenvalue weighted by molar-refractivity contribution is 5.98. The van der Waals surface area contributed by atoms with Crippen molar-refractivity contribution in [1.29, 1.82) is 5.26 Å². The van der Waals surface area contributed by atoms with Gasteiger partial charge in [0.05, 0.1) is 6.54 Å². The van der Waals surface area contributed by atoms with Crippen LogP contribution in [0.5, 0.6) is 5.88 Å². The van der Waals surface area contributed by atoms with Crippen LogP contribution in [-0.2, 0) is 0 Å². The van der Waals surface area contributed by atoms with Crippen LogP contribution in [0.2, 0.25) is 0 Å². The van der Waals surface area contributed by atoms with Crippen molar-refractivity contribution in [3.8, 4) is 11.9 Å². The number of nitrogens with one attached hydrogen (secondary N) is 1. The van der Waals surface area contributed by atoms with Crippen molar-refractivity contribution in [1.82, 2.24) is 19.9 Å². The Morgan fingerprint density at radius 1 is 1.31 bits per heavy atom. The molecule has 7 heteroatoms. The minimum absolute atomic E-state index is 0.0129. The first kappa shape index (κ1) is 16.1. The number of carbonyl (C=O) groups excluding carboxylic acids is 1. The Morgan fingerprint density at radius 2 is 2.19 bits per heavy atom. The minimum atomic E-state index is -0.201. The number of benzene rings is 1. The average Bonchev–Trinajstić information content (AvgIpc) is 3.16. The van der Waals surface area contributed by atoms with Crippen molar-refractivity contribution >= 4 is 16.8 Å². The molecule has 1 atom stereocenters. The number of aromatic amines is 1. The maximum absolute atomic E-state index is 12.9. The molecule has 0 saturated carbocycles. The standard InChI is InChI=1S/C19H17N5O2/c20-11-17-18(23-8-7-22-17)26-15-2-1-9-24(12-15)19(25)14-3-4-16-13(10-14)5-6-21-16/h3-8,10,15,21H,1-2,9,12H2. The van der Waals surface area contributed by atoms with E-state index in [1.165, 1.54) is 12.4 Å². The molecular weight excluding hydrogens is 330 g/mol. The van der Waals surface area contributed by atoms with Crippen LogP contribution in [0.25, 0.3) is 10.9 Å². The summed E-state index contributed by atoms with van der Waals surface area (Å²) in [7, 11) is 0. The molecule has 1 unspecified atom stereocenters. The molecule has 1 aromatic carbocycles. The largest absolute Gasteiger partial charge is 0.470 e. The first-order valence-corrected chi connectivity index (χ1v) is 8.49. The maximum atomic E-state index is 12.9. The molecule has 1 fully saturated rings. The number of carbonyl (C=O) groups is 1. The Balaban J connectivity index is 1.49. The third kappa shape index (κ3) is 3.09. The number of piperidine rings is 1. The zero-order chi connectivity index (χ0) is 17.9. The summed E-state index contributed by atoms with van der Waals surface area (Å²) < 4.78 is 5.86. The minimum Gasteiger partial charge on any atom is -0.470 e. The van der Waals surface area contributed by atoms with Gasteiger partial charge in [-0.2, -0.15) is 5.26 Å². The maximum Gasteiger partial charge on any atom is 0.254 e. The van der Waals surface area contributed by atoms with Gasteiger partial charge in [-0.15, -0.1) is 0 Å². The predicted molar refractivity (Wildman–Crippen MR) is 94.6 cm³/mol. The lowest BCUT2D eigenvalue weighted by Crippen LogP contribution is -2.44. The lowest BCUT2D eigenvalue weighted by molar-refractivity contribution is 0.0526. The van der Waals surface area contributed by atoms with Gasteiger partial charge in [0.1, 0.15) is 12.2 Å². The monoisotopic (exact) mass is 347 g/mol. The highest BCUT2D eigenvalue weighted by atomic mass is 16.5. The molecule has 0 radical (unpaired) electrons. The number of nitrogens with zero attached hydrogens (tertiary/aromatic N) is 4. The number of rotatable bonds is 3. The lowest BCUT2D eigenvalue weighted by atomic mass is 10.1. The van der Waals surface area contributed by atoms with Gasteiger partial charge in [0, 0.05) is 41.6 Å². The predicted octanol–water partition coefficient (Wildman–Crippen LogP) is 2.51. The molecule has 1 aliphatic heterocycles. The van der Waals surface area contributed by atoms with E-state index in [0.717, 1.165) is 23.7 Å². The Bertz CT molecular complexity index is 991. The molecular formula is C19H17N5O2. The molecule has 0 bridgehead atoms. The fraction of sp³-hybridized carbons (Fsp3) is 0.263. The summed E-state index contributed by atoms with van der Waals surface area (Å²) in [5.41, 5.74) is 1.83. The van der Waals surface area contributed by atoms with Crippen molar-refractivity contribution in [2.45, 2.75) is 18.9 Å². The van der Waals surface area contributed by atoms with Gasteiger partial charge in [-0.3, -0.25) is 4.79 Å². The first-order chi connectivity index (χ1) is 12.7. The number of hydrogen-bond acceptors (Lipinski definition) is 5. The van der Waals surface area contributed by atoms with E-state index >= 15 is 0 Å². The van der Waals surface area contributed by atoms with Gasteiger partial charge in [0.15, 0.2) is 0 Å². The zero-order valence-corrected chi connectivity index (χ0v) is 14.1. The summed E-state index contributed by atoms with van der Waals surface area (Å²) >= 11 is 0. The topological polar surface area (TPSA) is 94.9 Å². The van der Waals surface area contributed by atoms with E-state index in [-0.39, 0.29) is 23.6 Å². The third-order valence-corrected chi connectivity index (χ3v) is 4.51. The summed E-state index contributed by atoms with van der Waals surface area (Å²) in [6.07, 6.45) is 6.25. The van der Waals surface area contributed by atoms with Crippen LogP contribution in [0.4, 0.5) is 0 Å². The molecule has 26 heavy (non-hydrogen) atoms. The molecule has 0 aliphatic carbocycles. The van der Waals surface area contributed by atoms with E-state index in [9.17, 15) is 4.79 Å². The number of H-pyrrole nitrogens is 1.